The van der Waals surface area contributed by atoms with Gasteiger partial charge in [0.15, 0.2) is 5.78 Å². The van der Waals surface area contributed by atoms with Crippen molar-refractivity contribution in [2.45, 2.75) is 72.3 Å². The van der Waals surface area contributed by atoms with E-state index in [1.54, 1.807) is 6.92 Å². The van der Waals surface area contributed by atoms with Crippen LogP contribution in [0.4, 0.5) is 0 Å². The van der Waals surface area contributed by atoms with Crippen LogP contribution in [0, 0.1) is 11.3 Å². The summed E-state index contributed by atoms with van der Waals surface area (Å²) < 4.78 is 0. The Kier molecular flexibility index (Phi) is 5.36. The van der Waals surface area contributed by atoms with Crippen LogP contribution in [-0.4, -0.2) is 17.7 Å². The summed E-state index contributed by atoms with van der Waals surface area (Å²) >= 11 is 0. The van der Waals surface area contributed by atoms with Gasteiger partial charge in [0.1, 0.15) is 0 Å². The molecule has 1 rings (SSSR count). The zero-order chi connectivity index (χ0) is 13.8. The van der Waals surface area contributed by atoms with Gasteiger partial charge in [-0.15, -0.1) is 0 Å². The number of hydrogen-bond donors (Lipinski definition) is 1. The number of rotatable bonds is 6. The van der Waals surface area contributed by atoms with Crippen molar-refractivity contribution in [3.05, 3.63) is 0 Å². The summed E-state index contributed by atoms with van der Waals surface area (Å²) in [4.78, 5) is 24.0. The lowest BCUT2D eigenvalue weighted by Gasteiger charge is -2.30. The third-order valence-corrected chi connectivity index (χ3v) is 4.02. The minimum absolute atomic E-state index is 0.100. The lowest BCUT2D eigenvalue weighted by Crippen LogP contribution is -2.46. The third kappa shape index (κ3) is 3.56. The zero-order valence-corrected chi connectivity index (χ0v) is 12.2. The Morgan fingerprint density at radius 3 is 2.17 bits per heavy atom. The van der Waals surface area contributed by atoms with E-state index in [0.29, 0.717) is 12.3 Å². The normalized spacial score (nSPS) is 19.8. The Hall–Kier alpha value is -0.860. The minimum Gasteiger partial charge on any atom is -0.346 e. The fourth-order valence-corrected chi connectivity index (χ4v) is 3.09. The van der Waals surface area contributed by atoms with Crippen molar-refractivity contribution in [1.82, 2.24) is 5.32 Å². The molecule has 1 atom stereocenters. The molecule has 0 spiro atoms. The molecule has 3 nitrogen and oxygen atoms in total. The Balaban J connectivity index is 2.69. The van der Waals surface area contributed by atoms with Crippen LogP contribution in [0.1, 0.15) is 66.2 Å². The van der Waals surface area contributed by atoms with Crippen molar-refractivity contribution in [2.75, 3.05) is 0 Å². The van der Waals surface area contributed by atoms with Crippen molar-refractivity contribution >= 4 is 11.7 Å². The molecule has 1 unspecified atom stereocenters. The first-order valence-electron chi connectivity index (χ1n) is 7.25. The fourth-order valence-electron chi connectivity index (χ4n) is 3.09. The van der Waals surface area contributed by atoms with E-state index in [9.17, 15) is 9.59 Å². The maximum absolute atomic E-state index is 12.5. The first-order chi connectivity index (χ1) is 8.41. The van der Waals surface area contributed by atoms with Gasteiger partial charge in [-0.2, -0.15) is 0 Å². The second-order valence-electron chi connectivity index (χ2n) is 6.10. The molecule has 0 aliphatic heterocycles. The van der Waals surface area contributed by atoms with E-state index in [-0.39, 0.29) is 23.1 Å². The van der Waals surface area contributed by atoms with Gasteiger partial charge < -0.3 is 5.32 Å². The molecule has 0 aromatic heterocycles. The van der Waals surface area contributed by atoms with E-state index in [2.05, 4.69) is 19.2 Å². The maximum atomic E-state index is 12.5. The van der Waals surface area contributed by atoms with E-state index in [1.807, 2.05) is 6.92 Å². The lowest BCUT2D eigenvalue weighted by molar-refractivity contribution is -0.135. The molecular formula is C15H27NO2. The third-order valence-electron chi connectivity index (χ3n) is 4.02. The number of ketones is 1. The summed E-state index contributed by atoms with van der Waals surface area (Å²) in [6, 6.07) is -0.341. The largest absolute Gasteiger partial charge is 0.346 e. The molecule has 1 fully saturated rings. The Morgan fingerprint density at radius 2 is 1.72 bits per heavy atom. The number of Topliss-reactive ketones (excluding diaryl/α,β-unsaturated/α-hetero) is 1. The van der Waals surface area contributed by atoms with Crippen LogP contribution >= 0.6 is 0 Å². The van der Waals surface area contributed by atoms with E-state index in [0.717, 1.165) is 32.1 Å². The van der Waals surface area contributed by atoms with Gasteiger partial charge in [0.05, 0.1) is 6.04 Å². The summed E-state index contributed by atoms with van der Waals surface area (Å²) in [5, 5.41) is 2.93. The quantitative estimate of drug-likeness (QED) is 0.790. The number of carbonyl (C=O) groups is 2. The molecule has 3 heteroatoms. The predicted octanol–water partition coefficient (Wildman–Crippen LogP) is 3.08. The molecule has 0 aromatic carbocycles. The molecule has 1 saturated carbocycles. The second kappa shape index (κ2) is 6.35. The van der Waals surface area contributed by atoms with Gasteiger partial charge in [-0.3, -0.25) is 9.59 Å². The van der Waals surface area contributed by atoms with Gasteiger partial charge in [-0.05, 0) is 32.1 Å². The molecule has 0 aromatic rings. The van der Waals surface area contributed by atoms with Crippen molar-refractivity contribution in [3.8, 4) is 0 Å². The van der Waals surface area contributed by atoms with Crippen molar-refractivity contribution < 1.29 is 9.59 Å². The van der Waals surface area contributed by atoms with Crippen molar-refractivity contribution in [3.63, 3.8) is 0 Å². The Bertz CT molecular complexity index is 304. The van der Waals surface area contributed by atoms with Gasteiger partial charge in [0.2, 0.25) is 5.91 Å². The van der Waals surface area contributed by atoms with Crippen LogP contribution in [0.3, 0.4) is 0 Å². The van der Waals surface area contributed by atoms with Gasteiger partial charge in [0, 0.05) is 11.8 Å². The highest BCUT2D eigenvalue weighted by Crippen LogP contribution is 2.43. The number of hydrogen-bond acceptors (Lipinski definition) is 2. The highest BCUT2D eigenvalue weighted by atomic mass is 16.2. The average Bonchev–Trinajstić information content (AvgIpc) is 2.76. The Morgan fingerprint density at radius 1 is 1.17 bits per heavy atom. The number of nitrogens with one attached hydrogen (secondary N) is 1. The van der Waals surface area contributed by atoms with Crippen LogP contribution in [0.5, 0.6) is 0 Å². The SMILES string of the molecule is CCC(=O)C(C)NC(=O)C1(CC(C)C)CCCC1. The van der Waals surface area contributed by atoms with E-state index >= 15 is 0 Å². The highest BCUT2D eigenvalue weighted by molar-refractivity contribution is 5.90. The zero-order valence-electron chi connectivity index (χ0n) is 12.2. The highest BCUT2D eigenvalue weighted by Gasteiger charge is 2.41. The molecule has 0 saturated heterocycles. The van der Waals surface area contributed by atoms with Crippen LogP contribution in [-0.2, 0) is 9.59 Å². The molecule has 1 amide bonds. The molecule has 0 radical (unpaired) electrons. The van der Waals surface area contributed by atoms with Gasteiger partial charge in [-0.25, -0.2) is 0 Å². The van der Waals surface area contributed by atoms with E-state index < -0.39 is 0 Å². The van der Waals surface area contributed by atoms with E-state index in [4.69, 9.17) is 0 Å². The van der Waals surface area contributed by atoms with Crippen LogP contribution < -0.4 is 5.32 Å². The van der Waals surface area contributed by atoms with Crippen LogP contribution in [0.25, 0.3) is 0 Å². The van der Waals surface area contributed by atoms with Crippen LogP contribution in [0.15, 0.2) is 0 Å². The van der Waals surface area contributed by atoms with Crippen LogP contribution in [0.2, 0.25) is 0 Å². The number of amides is 1. The maximum Gasteiger partial charge on any atom is 0.226 e. The predicted molar refractivity (Wildman–Crippen MR) is 73.3 cm³/mol. The molecule has 18 heavy (non-hydrogen) atoms. The lowest BCUT2D eigenvalue weighted by atomic mass is 9.77. The second-order valence-corrected chi connectivity index (χ2v) is 6.10. The molecule has 1 N–H and O–H groups in total. The monoisotopic (exact) mass is 253 g/mol. The van der Waals surface area contributed by atoms with Gasteiger partial charge in [0.25, 0.3) is 0 Å². The fraction of sp³-hybridized carbons (Fsp3) is 0.867. The molecule has 0 bridgehead atoms. The van der Waals surface area contributed by atoms with Gasteiger partial charge in [-0.1, -0.05) is 33.6 Å². The molecular weight excluding hydrogens is 226 g/mol. The molecule has 104 valence electrons. The average molecular weight is 253 g/mol. The number of carbonyl (C=O) groups excluding carboxylic acids is 2. The smallest absolute Gasteiger partial charge is 0.226 e. The topological polar surface area (TPSA) is 46.2 Å². The Labute approximate surface area is 111 Å². The summed E-state index contributed by atoms with van der Waals surface area (Å²) in [5.74, 6) is 0.732. The molecule has 0 heterocycles. The first-order valence-corrected chi connectivity index (χ1v) is 7.25. The standard InChI is InChI=1S/C15H27NO2/c1-5-13(17)12(4)16-14(18)15(10-11(2)3)8-6-7-9-15/h11-12H,5-10H2,1-4H3,(H,16,18). The summed E-state index contributed by atoms with van der Waals surface area (Å²) in [6.45, 7) is 7.95. The molecule has 1 aliphatic rings. The summed E-state index contributed by atoms with van der Waals surface area (Å²) in [5.41, 5.74) is -0.212. The summed E-state index contributed by atoms with van der Waals surface area (Å²) in [6.07, 6.45) is 5.64. The summed E-state index contributed by atoms with van der Waals surface area (Å²) in [7, 11) is 0. The minimum atomic E-state index is -0.341. The van der Waals surface area contributed by atoms with Crippen molar-refractivity contribution in [1.29, 1.82) is 0 Å². The van der Waals surface area contributed by atoms with E-state index in [1.165, 1.54) is 0 Å². The van der Waals surface area contributed by atoms with Crippen molar-refractivity contribution in [2.24, 2.45) is 11.3 Å². The molecule has 1 aliphatic carbocycles. The first kappa shape index (κ1) is 15.2. The van der Waals surface area contributed by atoms with Gasteiger partial charge >= 0.3 is 0 Å².